The normalized spacial score (nSPS) is 11.9. The molecular weight excluding hydrogens is 511 g/mol. The van der Waals surface area contributed by atoms with E-state index in [4.69, 9.17) is 0 Å². The fourth-order valence-electron chi connectivity index (χ4n) is 6.19. The van der Waals surface area contributed by atoms with Crippen molar-refractivity contribution in [2.75, 3.05) is 0 Å². The van der Waals surface area contributed by atoms with Gasteiger partial charge in [-0.25, -0.2) is 0 Å². The molecule has 0 aliphatic carbocycles. The zero-order chi connectivity index (χ0) is 27.2. The number of hydrogen-bond donors (Lipinski definition) is 0. The summed E-state index contributed by atoms with van der Waals surface area (Å²) < 4.78 is 0. The lowest BCUT2D eigenvalue weighted by molar-refractivity contribution is 1.62. The third kappa shape index (κ3) is 4.16. The molecule has 1 heteroatoms. The molecule has 1 aromatic heterocycles. The van der Waals surface area contributed by atoms with Gasteiger partial charge in [0.1, 0.15) is 0 Å². The molecule has 8 aromatic rings. The molecule has 0 radical (unpaired) electrons. The minimum Gasteiger partial charge on any atom is -0.0772 e. The van der Waals surface area contributed by atoms with Gasteiger partial charge in [0, 0.05) is 10.2 Å². The highest BCUT2D eigenvalue weighted by Gasteiger charge is 2.17. The fraction of sp³-hybridized carbons (Fsp3) is 0. The molecule has 1 heterocycles. The van der Waals surface area contributed by atoms with E-state index in [0.717, 1.165) is 0 Å². The van der Waals surface area contributed by atoms with E-state index in [0.29, 0.717) is 0 Å². The Kier molecular flexibility index (Phi) is 5.80. The Balaban J connectivity index is 1.43. The van der Waals surface area contributed by atoms with Gasteiger partial charge in [-0.15, -0.1) is 0 Å². The second-order valence-electron chi connectivity index (χ2n) is 10.6. The summed E-state index contributed by atoms with van der Waals surface area (Å²) in [7, 11) is -0.614. The molecule has 8 rings (SSSR count). The summed E-state index contributed by atoms with van der Waals surface area (Å²) in [4.78, 5) is 0. The second kappa shape index (κ2) is 9.93. The molecule has 1 unspecified atom stereocenters. The van der Waals surface area contributed by atoms with E-state index in [1.165, 1.54) is 70.5 Å². The lowest BCUT2D eigenvalue weighted by atomic mass is 9.91. The van der Waals surface area contributed by atoms with Gasteiger partial charge in [-0.05, 0) is 96.6 Å². The van der Waals surface area contributed by atoms with Crippen LogP contribution in [0.3, 0.4) is 0 Å². The molecule has 0 aliphatic heterocycles. The molecule has 1 atom stereocenters. The first-order valence-electron chi connectivity index (χ1n) is 14.1. The summed E-state index contributed by atoms with van der Waals surface area (Å²) in [5.74, 6) is 0. The lowest BCUT2D eigenvalue weighted by Gasteiger charge is -2.13. The molecule has 0 saturated carbocycles. The third-order valence-electron chi connectivity index (χ3n) is 8.17. The van der Waals surface area contributed by atoms with Gasteiger partial charge >= 0.3 is 0 Å². The largest absolute Gasteiger partial charge is 0.0772 e. The SMILES string of the molecule is c1ccc(-c2ccc3c(c2)c2cc(-c4cc5ccccc5cc4-c4ccccc4)ccc2p3-c2ccccc2)cc1. The summed E-state index contributed by atoms with van der Waals surface area (Å²) in [6.07, 6.45) is 0. The van der Waals surface area contributed by atoms with Gasteiger partial charge in [-0.3, -0.25) is 0 Å². The molecule has 0 amide bonds. The lowest BCUT2D eigenvalue weighted by Crippen LogP contribution is -1.87. The Morgan fingerprint density at radius 3 is 1.39 bits per heavy atom. The van der Waals surface area contributed by atoms with E-state index in [9.17, 15) is 0 Å². The average molecular weight is 539 g/mol. The van der Waals surface area contributed by atoms with Crippen LogP contribution in [0.1, 0.15) is 0 Å². The van der Waals surface area contributed by atoms with Crippen molar-refractivity contribution in [2.24, 2.45) is 0 Å². The molecule has 7 aromatic carbocycles. The maximum Gasteiger partial charge on any atom is 0.00687 e. The summed E-state index contributed by atoms with van der Waals surface area (Å²) in [5.41, 5.74) is 7.56. The molecule has 0 aliphatic rings. The molecular formula is C40H27P. The highest BCUT2D eigenvalue weighted by molar-refractivity contribution is 7.67. The average Bonchev–Trinajstić information content (AvgIpc) is 3.38. The molecule has 0 fully saturated rings. The van der Waals surface area contributed by atoms with Gasteiger partial charge < -0.3 is 0 Å². The zero-order valence-electron chi connectivity index (χ0n) is 22.5. The maximum atomic E-state index is 2.45. The van der Waals surface area contributed by atoms with E-state index in [1.807, 2.05) is 0 Å². The predicted molar refractivity (Wildman–Crippen MR) is 179 cm³/mol. The van der Waals surface area contributed by atoms with Crippen LogP contribution in [-0.4, -0.2) is 0 Å². The molecule has 41 heavy (non-hydrogen) atoms. The standard InChI is InChI=1S/C40H27P/c1-4-12-28(13-5-1)32-20-22-39-37(26-32)38-27-33(21-23-40(38)41(39)34-18-8-3-9-19-34)36-25-31-17-11-10-16-30(31)24-35(36)29-14-6-2-7-15-29/h1-27H. The van der Waals surface area contributed by atoms with Crippen molar-refractivity contribution >= 4 is 39.3 Å². The summed E-state index contributed by atoms with van der Waals surface area (Å²) in [6, 6.07) is 60.3. The van der Waals surface area contributed by atoms with Crippen molar-refractivity contribution < 1.29 is 0 Å². The fourth-order valence-corrected chi connectivity index (χ4v) is 8.78. The van der Waals surface area contributed by atoms with Crippen molar-refractivity contribution in [3.05, 3.63) is 164 Å². The number of rotatable bonds is 4. The third-order valence-corrected chi connectivity index (χ3v) is 10.7. The highest BCUT2D eigenvalue weighted by atomic mass is 31.1. The maximum absolute atomic E-state index is 2.45. The quantitative estimate of drug-likeness (QED) is 0.209. The van der Waals surface area contributed by atoms with Crippen molar-refractivity contribution in [1.82, 2.24) is 0 Å². The molecule has 0 bridgehead atoms. The first-order valence-corrected chi connectivity index (χ1v) is 15.5. The van der Waals surface area contributed by atoms with Gasteiger partial charge in [-0.1, -0.05) is 135 Å². The number of fused-ring (bicyclic) bond motifs is 4. The topological polar surface area (TPSA) is 0 Å². The minimum absolute atomic E-state index is 0.614. The van der Waals surface area contributed by atoms with Gasteiger partial charge in [-0.2, -0.15) is 0 Å². The Morgan fingerprint density at radius 1 is 0.317 bits per heavy atom. The molecule has 0 nitrogen and oxygen atoms in total. The van der Waals surface area contributed by atoms with E-state index < -0.39 is 7.53 Å². The summed E-state index contributed by atoms with van der Waals surface area (Å²) in [5, 5.41) is 9.54. The van der Waals surface area contributed by atoms with Gasteiger partial charge in [0.15, 0.2) is 0 Å². The van der Waals surface area contributed by atoms with Crippen LogP contribution in [0, 0.1) is 0 Å². The highest BCUT2D eigenvalue weighted by Crippen LogP contribution is 2.56. The molecule has 192 valence electrons. The van der Waals surface area contributed by atoms with Crippen LogP contribution < -0.4 is 0 Å². The van der Waals surface area contributed by atoms with Crippen LogP contribution in [0.15, 0.2) is 164 Å². The van der Waals surface area contributed by atoms with Gasteiger partial charge in [0.2, 0.25) is 0 Å². The Bertz CT molecular complexity index is 2170. The van der Waals surface area contributed by atoms with Crippen LogP contribution in [0.25, 0.3) is 70.5 Å². The number of benzene rings is 7. The Hall–Kier alpha value is -4.90. The van der Waals surface area contributed by atoms with Gasteiger partial charge in [0.05, 0.1) is 0 Å². The molecule has 0 saturated heterocycles. The van der Waals surface area contributed by atoms with Crippen LogP contribution in [-0.2, 0) is 0 Å². The van der Waals surface area contributed by atoms with E-state index in [1.54, 1.807) is 0 Å². The first-order chi connectivity index (χ1) is 20.3. The van der Waals surface area contributed by atoms with E-state index in [2.05, 4.69) is 164 Å². The molecule has 0 spiro atoms. The van der Waals surface area contributed by atoms with Crippen LogP contribution >= 0.6 is 7.53 Å². The van der Waals surface area contributed by atoms with E-state index >= 15 is 0 Å². The van der Waals surface area contributed by atoms with Gasteiger partial charge in [0.25, 0.3) is 0 Å². The summed E-state index contributed by atoms with van der Waals surface area (Å²) >= 11 is 0. The smallest absolute Gasteiger partial charge is 0.00687 e. The Labute approximate surface area is 241 Å². The van der Waals surface area contributed by atoms with Crippen molar-refractivity contribution in [3.8, 4) is 38.7 Å². The van der Waals surface area contributed by atoms with E-state index in [-0.39, 0.29) is 0 Å². The zero-order valence-corrected chi connectivity index (χ0v) is 23.4. The minimum atomic E-state index is -0.614. The number of hydrogen-bond acceptors (Lipinski definition) is 0. The van der Waals surface area contributed by atoms with Crippen molar-refractivity contribution in [3.63, 3.8) is 0 Å². The molecule has 0 N–H and O–H groups in total. The monoisotopic (exact) mass is 538 g/mol. The predicted octanol–water partition coefficient (Wildman–Crippen LogP) is 12.1. The van der Waals surface area contributed by atoms with Crippen LogP contribution in [0.4, 0.5) is 0 Å². The summed E-state index contributed by atoms with van der Waals surface area (Å²) in [6.45, 7) is 0. The van der Waals surface area contributed by atoms with Crippen molar-refractivity contribution in [2.45, 2.75) is 0 Å². The second-order valence-corrected chi connectivity index (χ2v) is 12.8. The van der Waals surface area contributed by atoms with Crippen molar-refractivity contribution in [1.29, 1.82) is 0 Å². The first kappa shape index (κ1) is 23.9. The van der Waals surface area contributed by atoms with Crippen LogP contribution in [0.5, 0.6) is 0 Å². The Morgan fingerprint density at radius 2 is 0.780 bits per heavy atom. The van der Waals surface area contributed by atoms with Crippen LogP contribution in [0.2, 0.25) is 0 Å².